The molecule has 4 aromatic rings. The second-order valence-electron chi connectivity index (χ2n) is 10.5. The van der Waals surface area contributed by atoms with Crippen molar-refractivity contribution in [3.8, 4) is 0 Å². The van der Waals surface area contributed by atoms with Crippen molar-refractivity contribution in [2.24, 2.45) is 5.92 Å². The third-order valence-electron chi connectivity index (χ3n) is 8.15. The number of rotatable bonds is 5. The fraction of sp³-hybridized carbons (Fsp3) is 0.393. The molecular formula is C28H29N7O2. The van der Waals surface area contributed by atoms with Gasteiger partial charge in [0.25, 0.3) is 5.91 Å². The highest BCUT2D eigenvalue weighted by Gasteiger charge is 2.36. The molecule has 5 heterocycles. The molecule has 1 amide bonds. The molecule has 1 N–H and O–H groups in total. The summed E-state index contributed by atoms with van der Waals surface area (Å²) < 4.78 is 1.83. The first-order valence-corrected chi connectivity index (χ1v) is 13.2. The number of pyridine rings is 1. The number of amides is 1. The number of H-pyrrole nitrogens is 1. The van der Waals surface area contributed by atoms with Crippen LogP contribution in [0.5, 0.6) is 0 Å². The van der Waals surface area contributed by atoms with Crippen LogP contribution in [0.15, 0.2) is 59.8 Å². The Balaban J connectivity index is 1.08. The van der Waals surface area contributed by atoms with Crippen molar-refractivity contribution in [2.75, 3.05) is 29.4 Å². The average molecular weight is 496 g/mol. The van der Waals surface area contributed by atoms with Gasteiger partial charge in [0.05, 0.1) is 5.52 Å². The topological polar surface area (TPSA) is 100 Å². The van der Waals surface area contributed by atoms with Gasteiger partial charge in [0.1, 0.15) is 17.8 Å². The van der Waals surface area contributed by atoms with Crippen LogP contribution in [0, 0.1) is 5.92 Å². The number of fused-ring (bicyclic) bond motifs is 2. The molecule has 1 saturated carbocycles. The molecule has 1 aromatic carbocycles. The van der Waals surface area contributed by atoms with E-state index < -0.39 is 0 Å². The second kappa shape index (κ2) is 8.83. The molecule has 1 aliphatic carbocycles. The van der Waals surface area contributed by atoms with Gasteiger partial charge in [-0.3, -0.25) is 14.3 Å². The smallest absolute Gasteiger partial charge is 0.327 e. The lowest BCUT2D eigenvalue weighted by atomic mass is 9.96. The Labute approximate surface area is 214 Å². The number of hydrogen-bond donors (Lipinski definition) is 1. The van der Waals surface area contributed by atoms with Crippen LogP contribution >= 0.6 is 0 Å². The minimum Gasteiger partial charge on any atom is -0.356 e. The van der Waals surface area contributed by atoms with E-state index in [9.17, 15) is 9.59 Å². The van der Waals surface area contributed by atoms with Gasteiger partial charge in [-0.1, -0.05) is 31.0 Å². The lowest BCUT2D eigenvalue weighted by Gasteiger charge is -2.33. The van der Waals surface area contributed by atoms with Crippen molar-refractivity contribution in [2.45, 2.75) is 44.1 Å². The predicted octanol–water partition coefficient (Wildman–Crippen LogP) is 3.90. The summed E-state index contributed by atoms with van der Waals surface area (Å²) in [5.41, 5.74) is 4.06. The molecule has 0 bridgehead atoms. The van der Waals surface area contributed by atoms with Crippen molar-refractivity contribution < 1.29 is 4.79 Å². The van der Waals surface area contributed by atoms with Gasteiger partial charge in [0, 0.05) is 49.5 Å². The van der Waals surface area contributed by atoms with Crippen molar-refractivity contribution in [3.63, 3.8) is 0 Å². The fourth-order valence-corrected chi connectivity index (χ4v) is 6.09. The molecule has 188 valence electrons. The van der Waals surface area contributed by atoms with Gasteiger partial charge in [0.15, 0.2) is 5.65 Å². The second-order valence-corrected chi connectivity index (χ2v) is 10.5. The van der Waals surface area contributed by atoms with E-state index in [2.05, 4.69) is 43.0 Å². The Morgan fingerprint density at radius 1 is 1.00 bits per heavy atom. The standard InChI is InChI=1S/C28H29N7O2/c36-27(34-16-19(14-18-7-8-18)21-4-1-2-5-23(21)34)22-15-25(31-17-30-22)33-12-9-20(10-13-33)35-24-6-3-11-29-26(24)32-28(35)37/h1-6,11,15,17-20H,7-10,12-14,16H2,(H,29,32,37). The first kappa shape index (κ1) is 22.2. The molecule has 1 unspecified atom stereocenters. The Hall–Kier alpha value is -4.01. The zero-order valence-electron chi connectivity index (χ0n) is 20.6. The van der Waals surface area contributed by atoms with Crippen LogP contribution in [-0.4, -0.2) is 50.0 Å². The Morgan fingerprint density at radius 3 is 2.68 bits per heavy atom. The Morgan fingerprint density at radius 2 is 1.84 bits per heavy atom. The number of hydrogen-bond acceptors (Lipinski definition) is 6. The van der Waals surface area contributed by atoms with Crippen LogP contribution in [-0.2, 0) is 0 Å². The molecule has 7 rings (SSSR count). The summed E-state index contributed by atoms with van der Waals surface area (Å²) in [6, 6.07) is 14.0. The highest BCUT2D eigenvalue weighted by Crippen LogP contribution is 2.45. The molecular weight excluding hydrogens is 466 g/mol. The van der Waals surface area contributed by atoms with E-state index in [1.807, 2.05) is 33.7 Å². The van der Waals surface area contributed by atoms with Crippen molar-refractivity contribution in [1.29, 1.82) is 0 Å². The van der Waals surface area contributed by atoms with Gasteiger partial charge in [-0.15, -0.1) is 0 Å². The molecule has 0 spiro atoms. The molecule has 1 atom stereocenters. The maximum absolute atomic E-state index is 13.6. The SMILES string of the molecule is O=C(c1cc(N2CCC(n3c(=O)[nH]c4ncccc43)CC2)ncn1)N1CC(CC2CC2)c2ccccc21. The van der Waals surface area contributed by atoms with Crippen LogP contribution in [0.2, 0.25) is 0 Å². The average Bonchev–Trinajstić information content (AvgIpc) is 3.59. The highest BCUT2D eigenvalue weighted by molar-refractivity contribution is 6.06. The van der Waals surface area contributed by atoms with Gasteiger partial charge in [-0.2, -0.15) is 0 Å². The molecule has 3 aromatic heterocycles. The van der Waals surface area contributed by atoms with Crippen LogP contribution < -0.4 is 15.5 Å². The van der Waals surface area contributed by atoms with Crippen LogP contribution in [0.3, 0.4) is 0 Å². The third kappa shape index (κ3) is 3.98. The Kier molecular flexibility index (Phi) is 5.30. The zero-order chi connectivity index (χ0) is 24.9. The van der Waals surface area contributed by atoms with E-state index in [4.69, 9.17) is 0 Å². The van der Waals surface area contributed by atoms with E-state index in [1.165, 1.54) is 24.7 Å². The first-order valence-electron chi connectivity index (χ1n) is 13.2. The van der Waals surface area contributed by atoms with E-state index in [0.717, 1.165) is 55.3 Å². The van der Waals surface area contributed by atoms with Crippen molar-refractivity contribution in [3.05, 3.63) is 76.7 Å². The number of carbonyl (C=O) groups excluding carboxylic acids is 1. The van der Waals surface area contributed by atoms with Gasteiger partial charge >= 0.3 is 5.69 Å². The lowest BCUT2D eigenvalue weighted by molar-refractivity contribution is 0.0983. The number of aromatic nitrogens is 5. The molecule has 2 fully saturated rings. The van der Waals surface area contributed by atoms with Gasteiger partial charge in [0.2, 0.25) is 0 Å². The molecule has 0 radical (unpaired) electrons. The minimum atomic E-state index is -0.118. The van der Waals surface area contributed by atoms with Gasteiger partial charge in [-0.05, 0) is 48.9 Å². The normalized spacial score (nSPS) is 19.9. The number of imidazole rings is 1. The highest BCUT2D eigenvalue weighted by atomic mass is 16.2. The summed E-state index contributed by atoms with van der Waals surface area (Å²) in [6.45, 7) is 2.20. The lowest BCUT2D eigenvalue weighted by Crippen LogP contribution is -2.37. The number of carbonyl (C=O) groups is 1. The minimum absolute atomic E-state index is 0.0675. The monoisotopic (exact) mass is 495 g/mol. The summed E-state index contributed by atoms with van der Waals surface area (Å²) in [5, 5.41) is 0. The number of nitrogens with one attached hydrogen (secondary N) is 1. The van der Waals surface area contributed by atoms with Crippen molar-refractivity contribution in [1.82, 2.24) is 24.5 Å². The molecule has 9 heteroatoms. The third-order valence-corrected chi connectivity index (χ3v) is 8.15. The Bertz CT molecular complexity index is 1530. The quantitative estimate of drug-likeness (QED) is 0.451. The predicted molar refractivity (Wildman–Crippen MR) is 141 cm³/mol. The zero-order valence-corrected chi connectivity index (χ0v) is 20.6. The number of aromatic amines is 1. The largest absolute Gasteiger partial charge is 0.356 e. The summed E-state index contributed by atoms with van der Waals surface area (Å²) in [5.74, 6) is 1.89. The van der Waals surface area contributed by atoms with E-state index >= 15 is 0 Å². The van der Waals surface area contributed by atoms with Gasteiger partial charge < -0.3 is 9.80 Å². The molecule has 37 heavy (non-hydrogen) atoms. The van der Waals surface area contributed by atoms with Crippen LogP contribution in [0.1, 0.15) is 60.1 Å². The number of para-hydroxylation sites is 1. The van der Waals surface area contributed by atoms with Crippen LogP contribution in [0.25, 0.3) is 11.2 Å². The molecule has 1 saturated heterocycles. The number of piperidine rings is 1. The summed E-state index contributed by atoms with van der Waals surface area (Å²) in [7, 11) is 0. The number of anilines is 2. The van der Waals surface area contributed by atoms with E-state index in [-0.39, 0.29) is 17.6 Å². The number of benzene rings is 1. The van der Waals surface area contributed by atoms with Crippen LogP contribution in [0.4, 0.5) is 11.5 Å². The number of nitrogens with zero attached hydrogens (tertiary/aromatic N) is 6. The van der Waals surface area contributed by atoms with E-state index in [0.29, 0.717) is 23.8 Å². The summed E-state index contributed by atoms with van der Waals surface area (Å²) in [6.07, 6.45) is 8.56. The summed E-state index contributed by atoms with van der Waals surface area (Å²) in [4.78, 5) is 46.3. The maximum atomic E-state index is 13.6. The van der Waals surface area contributed by atoms with E-state index in [1.54, 1.807) is 6.20 Å². The first-order chi connectivity index (χ1) is 18.2. The fourth-order valence-electron chi connectivity index (χ4n) is 6.09. The molecule has 9 nitrogen and oxygen atoms in total. The molecule has 2 aliphatic heterocycles. The van der Waals surface area contributed by atoms with Crippen molar-refractivity contribution >= 4 is 28.6 Å². The molecule has 3 aliphatic rings. The maximum Gasteiger partial charge on any atom is 0.327 e. The summed E-state index contributed by atoms with van der Waals surface area (Å²) >= 11 is 0. The van der Waals surface area contributed by atoms with Gasteiger partial charge in [-0.25, -0.2) is 19.7 Å².